The van der Waals surface area contributed by atoms with Crippen LogP contribution in [0.3, 0.4) is 0 Å². The summed E-state index contributed by atoms with van der Waals surface area (Å²) in [6.45, 7) is 4.11. The van der Waals surface area contributed by atoms with E-state index in [-0.39, 0.29) is 23.2 Å². The van der Waals surface area contributed by atoms with Gasteiger partial charge in [-0.15, -0.1) is 0 Å². The highest BCUT2D eigenvalue weighted by atomic mass is 32.2. The van der Waals surface area contributed by atoms with E-state index in [0.29, 0.717) is 5.56 Å². The lowest BCUT2D eigenvalue weighted by molar-refractivity contribution is 0.0599. The van der Waals surface area contributed by atoms with Crippen molar-refractivity contribution < 1.29 is 14.3 Å². The third kappa shape index (κ3) is 4.13. The molecule has 2 rings (SSSR count). The molecule has 0 aliphatic carbocycles. The van der Waals surface area contributed by atoms with Gasteiger partial charge in [0.1, 0.15) is 0 Å². The Kier molecular flexibility index (Phi) is 5.66. The Morgan fingerprint density at radius 1 is 1.50 bits per heavy atom. The summed E-state index contributed by atoms with van der Waals surface area (Å²) in [4.78, 5) is 23.0. The summed E-state index contributed by atoms with van der Waals surface area (Å²) in [5, 5.41) is 2.90. The molecule has 22 heavy (non-hydrogen) atoms. The molecule has 1 fully saturated rings. The molecule has 118 valence electrons. The van der Waals surface area contributed by atoms with Gasteiger partial charge in [0.2, 0.25) is 0 Å². The second-order valence-electron chi connectivity index (χ2n) is 5.55. The lowest BCUT2D eigenvalue weighted by Gasteiger charge is -2.12. The van der Waals surface area contributed by atoms with Crippen LogP contribution in [-0.2, 0) is 11.2 Å². The first-order valence-electron chi connectivity index (χ1n) is 7.32. The molecule has 0 radical (unpaired) electrons. The molecule has 1 aromatic rings. The van der Waals surface area contributed by atoms with Gasteiger partial charge in [-0.05, 0) is 29.5 Å². The summed E-state index contributed by atoms with van der Waals surface area (Å²) in [6, 6.07) is 6.03. The van der Waals surface area contributed by atoms with Crippen LogP contribution in [0.1, 0.15) is 41.3 Å². The molecule has 1 saturated heterocycles. The van der Waals surface area contributed by atoms with Crippen molar-refractivity contribution in [1.29, 1.82) is 0 Å². The Labute approximate surface area is 135 Å². The number of allylic oxidation sites excluding steroid dienone is 1. The third-order valence-electron chi connectivity index (χ3n) is 3.56. The van der Waals surface area contributed by atoms with Crippen molar-refractivity contribution in [2.24, 2.45) is 0 Å². The standard InChI is InChI=1S/C17H21NO3S/c1-11(2)14-8-7-12(9-15(14)16(19)21-3)5-4-6-13-10-22-17(20)18-13/h4,6-9,11,13H,5,10H2,1-3H3,(H,18,20)/t13-/m0/s1. The fraction of sp³-hybridized carbons (Fsp3) is 0.412. The summed E-state index contributed by atoms with van der Waals surface area (Å²) >= 11 is 1.30. The topological polar surface area (TPSA) is 55.4 Å². The van der Waals surface area contributed by atoms with Crippen LogP contribution in [0.15, 0.2) is 30.4 Å². The predicted molar refractivity (Wildman–Crippen MR) is 89.5 cm³/mol. The van der Waals surface area contributed by atoms with Crippen molar-refractivity contribution in [3.8, 4) is 0 Å². The third-order valence-corrected chi connectivity index (χ3v) is 4.47. The highest BCUT2D eigenvalue weighted by molar-refractivity contribution is 8.14. The van der Waals surface area contributed by atoms with Crippen molar-refractivity contribution in [3.05, 3.63) is 47.0 Å². The van der Waals surface area contributed by atoms with Crippen LogP contribution < -0.4 is 5.32 Å². The Hall–Kier alpha value is -1.75. The van der Waals surface area contributed by atoms with Crippen molar-refractivity contribution in [1.82, 2.24) is 5.32 Å². The number of hydrogen-bond acceptors (Lipinski definition) is 4. The largest absolute Gasteiger partial charge is 0.465 e. The number of hydrogen-bond donors (Lipinski definition) is 1. The minimum Gasteiger partial charge on any atom is -0.465 e. The minimum atomic E-state index is -0.297. The van der Waals surface area contributed by atoms with Crippen LogP contribution >= 0.6 is 11.8 Å². The Bertz CT molecular complexity index is 596. The molecule has 4 nitrogen and oxygen atoms in total. The Morgan fingerprint density at radius 3 is 2.86 bits per heavy atom. The zero-order chi connectivity index (χ0) is 16.1. The van der Waals surface area contributed by atoms with Gasteiger partial charge in [-0.1, -0.05) is 49.9 Å². The van der Waals surface area contributed by atoms with E-state index in [0.717, 1.165) is 23.3 Å². The number of rotatable bonds is 5. The quantitative estimate of drug-likeness (QED) is 0.666. The lowest BCUT2D eigenvalue weighted by atomic mass is 9.94. The first-order chi connectivity index (χ1) is 10.5. The molecule has 1 aromatic carbocycles. The van der Waals surface area contributed by atoms with Gasteiger partial charge in [0.15, 0.2) is 0 Å². The second kappa shape index (κ2) is 7.49. The van der Waals surface area contributed by atoms with Gasteiger partial charge >= 0.3 is 5.97 Å². The number of amides is 1. The van der Waals surface area contributed by atoms with Crippen LogP contribution in [0, 0.1) is 0 Å². The van der Waals surface area contributed by atoms with Gasteiger partial charge in [0, 0.05) is 5.75 Å². The summed E-state index contributed by atoms with van der Waals surface area (Å²) in [5.74, 6) is 0.744. The van der Waals surface area contributed by atoms with Gasteiger partial charge in [-0.25, -0.2) is 4.79 Å². The highest BCUT2D eigenvalue weighted by Gasteiger charge is 2.18. The smallest absolute Gasteiger partial charge is 0.338 e. The van der Waals surface area contributed by atoms with E-state index in [1.165, 1.54) is 18.9 Å². The average Bonchev–Trinajstić information content (AvgIpc) is 2.91. The second-order valence-corrected chi connectivity index (χ2v) is 6.54. The van der Waals surface area contributed by atoms with Crippen LogP contribution in [0.25, 0.3) is 0 Å². The first kappa shape index (κ1) is 16.6. The van der Waals surface area contributed by atoms with Gasteiger partial charge in [-0.2, -0.15) is 0 Å². The summed E-state index contributed by atoms with van der Waals surface area (Å²) < 4.78 is 4.87. The Morgan fingerprint density at radius 2 is 2.27 bits per heavy atom. The molecule has 1 atom stereocenters. The number of benzene rings is 1. The average molecular weight is 319 g/mol. The fourth-order valence-corrected chi connectivity index (χ4v) is 3.15. The molecular formula is C17H21NO3S. The maximum absolute atomic E-state index is 11.9. The maximum Gasteiger partial charge on any atom is 0.338 e. The van der Waals surface area contributed by atoms with Crippen molar-refractivity contribution in [2.45, 2.75) is 32.2 Å². The summed E-state index contributed by atoms with van der Waals surface area (Å²) in [6.07, 6.45) is 4.76. The van der Waals surface area contributed by atoms with Crippen molar-refractivity contribution >= 4 is 23.0 Å². The lowest BCUT2D eigenvalue weighted by Crippen LogP contribution is -2.23. The summed E-state index contributed by atoms with van der Waals surface area (Å²) in [7, 11) is 1.40. The predicted octanol–water partition coefficient (Wildman–Crippen LogP) is 3.52. The van der Waals surface area contributed by atoms with E-state index >= 15 is 0 Å². The van der Waals surface area contributed by atoms with Gasteiger partial charge in [0.25, 0.3) is 5.24 Å². The number of nitrogens with one attached hydrogen (secondary N) is 1. The molecular weight excluding hydrogens is 298 g/mol. The van der Waals surface area contributed by atoms with E-state index in [2.05, 4.69) is 19.2 Å². The molecule has 1 amide bonds. The first-order valence-corrected chi connectivity index (χ1v) is 8.31. The normalized spacial score (nSPS) is 18.0. The maximum atomic E-state index is 11.9. The van der Waals surface area contributed by atoms with Crippen LogP contribution in [0.4, 0.5) is 4.79 Å². The minimum absolute atomic E-state index is 0.0314. The number of methoxy groups -OCH3 is 1. The molecule has 1 N–H and O–H groups in total. The molecule has 1 aliphatic heterocycles. The fourth-order valence-electron chi connectivity index (χ4n) is 2.39. The highest BCUT2D eigenvalue weighted by Crippen LogP contribution is 2.22. The Balaban J connectivity index is 2.09. The molecule has 0 spiro atoms. The van der Waals surface area contributed by atoms with Gasteiger partial charge in [-0.3, -0.25) is 4.79 Å². The monoisotopic (exact) mass is 319 g/mol. The molecule has 1 heterocycles. The van der Waals surface area contributed by atoms with Gasteiger partial charge in [0.05, 0.1) is 18.7 Å². The van der Waals surface area contributed by atoms with Crippen LogP contribution in [0.2, 0.25) is 0 Å². The molecule has 0 unspecified atom stereocenters. The van der Waals surface area contributed by atoms with E-state index in [9.17, 15) is 9.59 Å². The van der Waals surface area contributed by atoms with Gasteiger partial charge < -0.3 is 10.1 Å². The van der Waals surface area contributed by atoms with E-state index in [1.807, 2.05) is 30.4 Å². The number of ether oxygens (including phenoxy) is 1. The summed E-state index contributed by atoms with van der Waals surface area (Å²) in [5.41, 5.74) is 2.69. The van der Waals surface area contributed by atoms with E-state index in [4.69, 9.17) is 4.74 Å². The molecule has 1 aliphatic rings. The number of carbonyl (C=O) groups excluding carboxylic acids is 2. The zero-order valence-electron chi connectivity index (χ0n) is 13.1. The number of carbonyl (C=O) groups is 2. The number of esters is 1. The van der Waals surface area contributed by atoms with E-state index < -0.39 is 0 Å². The molecule has 0 saturated carbocycles. The van der Waals surface area contributed by atoms with Crippen molar-refractivity contribution in [2.75, 3.05) is 12.9 Å². The SMILES string of the molecule is COC(=O)c1cc(CC=C[C@H]2CSC(=O)N2)ccc1C(C)C. The van der Waals surface area contributed by atoms with Crippen molar-refractivity contribution in [3.63, 3.8) is 0 Å². The number of thioether (sulfide) groups is 1. The molecule has 0 bridgehead atoms. The molecule has 5 heteroatoms. The zero-order valence-corrected chi connectivity index (χ0v) is 13.9. The van der Waals surface area contributed by atoms with Crippen LogP contribution in [-0.4, -0.2) is 30.1 Å². The van der Waals surface area contributed by atoms with Crippen LogP contribution in [0.5, 0.6) is 0 Å². The van der Waals surface area contributed by atoms with E-state index in [1.54, 1.807) is 0 Å². The molecule has 0 aromatic heterocycles.